The molecule has 0 aromatic heterocycles. The minimum absolute atomic E-state index is 0. The first kappa shape index (κ1) is 25.2. The van der Waals surface area contributed by atoms with Crippen LogP contribution in [0.5, 0.6) is 5.75 Å². The van der Waals surface area contributed by atoms with E-state index >= 15 is 0 Å². The van der Waals surface area contributed by atoms with E-state index < -0.39 is 12.8 Å². The zero-order chi connectivity index (χ0) is 19.1. The number of halogens is 4. The molecule has 1 aromatic rings. The SMILES string of the molecule is CN=C(NCc1ccc(C)cc1OCC(F)(F)F)NCC(C)(C)SC.I. The Bertz CT molecular complexity index is 595. The lowest BCUT2D eigenvalue weighted by molar-refractivity contribution is -0.153. The highest BCUT2D eigenvalue weighted by molar-refractivity contribution is 14.0. The molecule has 1 rings (SSSR count). The molecule has 0 amide bonds. The molecule has 0 aliphatic carbocycles. The normalized spacial score (nSPS) is 12.4. The molecule has 0 atom stereocenters. The van der Waals surface area contributed by atoms with Crippen molar-refractivity contribution in [3.8, 4) is 5.75 Å². The Morgan fingerprint density at radius 2 is 1.88 bits per heavy atom. The van der Waals surface area contributed by atoms with Gasteiger partial charge < -0.3 is 15.4 Å². The first-order chi connectivity index (χ1) is 11.6. The fraction of sp³-hybridized carbons (Fsp3) is 0.588. The van der Waals surface area contributed by atoms with Crippen LogP contribution in [0, 0.1) is 6.92 Å². The van der Waals surface area contributed by atoms with Gasteiger partial charge in [0.25, 0.3) is 0 Å². The van der Waals surface area contributed by atoms with Gasteiger partial charge in [0.1, 0.15) is 5.75 Å². The standard InChI is InChI=1S/C17H26F3N3OS.HI/c1-12-6-7-13(14(8-12)24-11-17(18,19)20)9-22-15(21-4)23-10-16(2,3)25-5;/h6-8H,9-11H2,1-5H3,(H2,21,22,23);1H. The number of nitrogens with zero attached hydrogens (tertiary/aromatic N) is 1. The average molecular weight is 505 g/mol. The Hall–Kier alpha value is -0.840. The van der Waals surface area contributed by atoms with Gasteiger partial charge in [-0.1, -0.05) is 12.1 Å². The molecule has 1 aromatic carbocycles. The molecule has 0 heterocycles. The van der Waals surface area contributed by atoms with Crippen LogP contribution in [0.3, 0.4) is 0 Å². The first-order valence-electron chi connectivity index (χ1n) is 7.85. The number of hydrogen-bond acceptors (Lipinski definition) is 3. The van der Waals surface area contributed by atoms with Crippen LogP contribution in [0.4, 0.5) is 13.2 Å². The van der Waals surface area contributed by atoms with Crippen molar-refractivity contribution in [1.82, 2.24) is 10.6 Å². The van der Waals surface area contributed by atoms with Crippen molar-refractivity contribution in [2.75, 3.05) is 26.5 Å². The molecule has 0 aliphatic rings. The predicted molar refractivity (Wildman–Crippen MR) is 114 cm³/mol. The van der Waals surface area contributed by atoms with E-state index in [1.807, 2.05) is 19.2 Å². The van der Waals surface area contributed by atoms with Crippen molar-refractivity contribution < 1.29 is 17.9 Å². The van der Waals surface area contributed by atoms with Crippen LogP contribution in [0.1, 0.15) is 25.0 Å². The first-order valence-corrected chi connectivity index (χ1v) is 9.07. The van der Waals surface area contributed by atoms with Crippen LogP contribution in [-0.2, 0) is 6.54 Å². The molecule has 150 valence electrons. The van der Waals surface area contributed by atoms with Crippen LogP contribution in [0.25, 0.3) is 0 Å². The monoisotopic (exact) mass is 505 g/mol. The zero-order valence-corrected chi connectivity index (χ0v) is 18.8. The van der Waals surface area contributed by atoms with Gasteiger partial charge in [-0.2, -0.15) is 24.9 Å². The molecule has 0 unspecified atom stereocenters. The third kappa shape index (κ3) is 9.75. The highest BCUT2D eigenvalue weighted by atomic mass is 127. The van der Waals surface area contributed by atoms with E-state index in [9.17, 15) is 13.2 Å². The van der Waals surface area contributed by atoms with Crippen LogP contribution < -0.4 is 15.4 Å². The Morgan fingerprint density at radius 3 is 2.42 bits per heavy atom. The number of aliphatic imine (C=N–C) groups is 1. The Morgan fingerprint density at radius 1 is 1.23 bits per heavy atom. The van der Waals surface area contributed by atoms with E-state index in [-0.39, 0.29) is 34.5 Å². The molecular formula is C17H27F3IN3OS. The summed E-state index contributed by atoms with van der Waals surface area (Å²) in [5.41, 5.74) is 1.48. The van der Waals surface area contributed by atoms with E-state index in [0.29, 0.717) is 24.6 Å². The molecule has 4 nitrogen and oxygen atoms in total. The van der Waals surface area contributed by atoms with Crippen LogP contribution in [0.15, 0.2) is 23.2 Å². The number of benzene rings is 1. The van der Waals surface area contributed by atoms with Gasteiger partial charge in [-0.3, -0.25) is 4.99 Å². The van der Waals surface area contributed by atoms with Crippen LogP contribution in [0.2, 0.25) is 0 Å². The largest absolute Gasteiger partial charge is 0.484 e. The van der Waals surface area contributed by atoms with Gasteiger partial charge in [-0.25, -0.2) is 0 Å². The fourth-order valence-electron chi connectivity index (χ4n) is 1.87. The molecule has 0 fully saturated rings. The topological polar surface area (TPSA) is 45.7 Å². The number of guanidine groups is 1. The van der Waals surface area contributed by atoms with Crippen LogP contribution >= 0.6 is 35.7 Å². The second kappa shape index (κ2) is 11.1. The number of alkyl halides is 3. The summed E-state index contributed by atoms with van der Waals surface area (Å²) in [6.07, 6.45) is -2.33. The van der Waals surface area contributed by atoms with Gasteiger partial charge in [-0.15, -0.1) is 24.0 Å². The summed E-state index contributed by atoms with van der Waals surface area (Å²) in [5, 5.41) is 6.32. The van der Waals surface area contributed by atoms with E-state index in [1.54, 1.807) is 30.9 Å². The number of thioether (sulfide) groups is 1. The van der Waals surface area contributed by atoms with Gasteiger partial charge in [0.15, 0.2) is 12.6 Å². The Kier molecular flexibility index (Phi) is 10.7. The van der Waals surface area contributed by atoms with Crippen molar-refractivity contribution in [1.29, 1.82) is 0 Å². The molecule has 26 heavy (non-hydrogen) atoms. The van der Waals surface area contributed by atoms with Gasteiger partial charge in [-0.05, 0) is 38.7 Å². The van der Waals surface area contributed by atoms with E-state index in [1.165, 1.54) is 0 Å². The van der Waals surface area contributed by atoms with E-state index in [4.69, 9.17) is 4.74 Å². The summed E-state index contributed by atoms with van der Waals surface area (Å²) in [4.78, 5) is 4.14. The molecule has 0 aliphatic heterocycles. The third-order valence-electron chi connectivity index (χ3n) is 3.52. The molecule has 0 radical (unpaired) electrons. The van der Waals surface area contributed by atoms with Crippen molar-refractivity contribution in [3.63, 3.8) is 0 Å². The molecule has 0 saturated heterocycles. The maximum atomic E-state index is 12.4. The van der Waals surface area contributed by atoms with Gasteiger partial charge in [0, 0.05) is 30.4 Å². The lowest BCUT2D eigenvalue weighted by Crippen LogP contribution is -2.43. The molecular weight excluding hydrogens is 478 g/mol. The predicted octanol–water partition coefficient (Wildman–Crippen LogP) is 4.36. The Labute approximate surface area is 174 Å². The minimum atomic E-state index is -4.37. The second-order valence-electron chi connectivity index (χ2n) is 6.26. The summed E-state index contributed by atoms with van der Waals surface area (Å²) in [6, 6.07) is 5.20. The number of hydrogen-bond donors (Lipinski definition) is 2. The maximum Gasteiger partial charge on any atom is 0.422 e. The zero-order valence-electron chi connectivity index (χ0n) is 15.7. The summed E-state index contributed by atoms with van der Waals surface area (Å²) in [6.45, 7) is 5.75. The molecule has 2 N–H and O–H groups in total. The molecule has 0 saturated carbocycles. The number of aryl methyl sites for hydroxylation is 1. The minimum Gasteiger partial charge on any atom is -0.484 e. The molecule has 0 bridgehead atoms. The summed E-state index contributed by atoms with van der Waals surface area (Å²) in [7, 11) is 1.65. The fourth-order valence-corrected chi connectivity index (χ4v) is 2.09. The van der Waals surface area contributed by atoms with E-state index in [0.717, 1.165) is 5.56 Å². The average Bonchev–Trinajstić information content (AvgIpc) is 2.53. The number of ether oxygens (including phenoxy) is 1. The summed E-state index contributed by atoms with van der Waals surface area (Å²) in [5.74, 6) is 0.814. The van der Waals surface area contributed by atoms with Gasteiger partial charge in [0.2, 0.25) is 0 Å². The molecule has 9 heteroatoms. The van der Waals surface area contributed by atoms with Crippen molar-refractivity contribution in [2.24, 2.45) is 4.99 Å². The van der Waals surface area contributed by atoms with Crippen molar-refractivity contribution in [2.45, 2.75) is 38.2 Å². The van der Waals surface area contributed by atoms with Crippen molar-refractivity contribution >= 4 is 41.7 Å². The van der Waals surface area contributed by atoms with Gasteiger partial charge in [0.05, 0.1) is 0 Å². The van der Waals surface area contributed by atoms with Gasteiger partial charge >= 0.3 is 6.18 Å². The smallest absolute Gasteiger partial charge is 0.422 e. The van der Waals surface area contributed by atoms with Crippen LogP contribution in [-0.4, -0.2) is 43.3 Å². The van der Waals surface area contributed by atoms with Crippen molar-refractivity contribution in [3.05, 3.63) is 29.3 Å². The molecule has 0 spiro atoms. The summed E-state index contributed by atoms with van der Waals surface area (Å²) >= 11 is 1.74. The number of nitrogens with one attached hydrogen (secondary N) is 2. The lowest BCUT2D eigenvalue weighted by Gasteiger charge is -2.24. The highest BCUT2D eigenvalue weighted by Gasteiger charge is 2.28. The number of rotatable bonds is 7. The third-order valence-corrected chi connectivity index (χ3v) is 4.77. The summed E-state index contributed by atoms with van der Waals surface area (Å²) < 4.78 is 42.2. The maximum absolute atomic E-state index is 12.4. The quantitative estimate of drug-likeness (QED) is 0.329. The van der Waals surface area contributed by atoms with E-state index in [2.05, 4.69) is 29.5 Å². The lowest BCUT2D eigenvalue weighted by atomic mass is 10.1. The highest BCUT2D eigenvalue weighted by Crippen LogP contribution is 2.24. The Balaban J connectivity index is 0.00000625. The second-order valence-corrected chi connectivity index (χ2v) is 7.77.